The Morgan fingerprint density at radius 2 is 1.54 bits per heavy atom. The normalized spacial score (nSPS) is 10.8. The number of anilines is 1. The summed E-state index contributed by atoms with van der Waals surface area (Å²) in [5.41, 5.74) is 5.32. The third-order valence-corrected chi connectivity index (χ3v) is 4.53. The number of aryl methyl sites for hydroxylation is 3. The molecule has 0 saturated carbocycles. The molecule has 0 heterocycles. The second kappa shape index (κ2) is 6.00. The first kappa shape index (κ1) is 16.1. The molecular formula is C21H21NO2. The number of fused-ring (bicyclic) bond motifs is 1. The summed E-state index contributed by atoms with van der Waals surface area (Å²) in [6.45, 7) is 7.82. The van der Waals surface area contributed by atoms with E-state index in [4.69, 9.17) is 0 Å². The molecule has 122 valence electrons. The van der Waals surface area contributed by atoms with Crippen LogP contribution in [0, 0.1) is 27.7 Å². The lowest BCUT2D eigenvalue weighted by molar-refractivity contribution is 0.102. The van der Waals surface area contributed by atoms with Gasteiger partial charge in [0.1, 0.15) is 5.75 Å². The largest absolute Gasteiger partial charge is 0.507 e. The molecule has 0 aromatic heterocycles. The van der Waals surface area contributed by atoms with Crippen molar-refractivity contribution in [3.8, 4) is 5.75 Å². The summed E-state index contributed by atoms with van der Waals surface area (Å²) < 4.78 is 0. The van der Waals surface area contributed by atoms with Crippen LogP contribution in [0.25, 0.3) is 10.8 Å². The number of rotatable bonds is 2. The molecule has 0 aliphatic heterocycles. The number of amides is 1. The van der Waals surface area contributed by atoms with Gasteiger partial charge in [0.05, 0.1) is 0 Å². The van der Waals surface area contributed by atoms with Crippen molar-refractivity contribution in [2.45, 2.75) is 27.7 Å². The zero-order chi connectivity index (χ0) is 17.4. The van der Waals surface area contributed by atoms with Crippen LogP contribution in [0.3, 0.4) is 0 Å². The standard InChI is InChI=1S/C21H21NO2/c1-12-5-7-16(8-6-12)21(24)22-19-11-18-17(10-14(19)3)9-13(2)15(4)20(18)23/h5-11,23H,1-4H3,(H,22,24). The number of phenols is 1. The molecule has 3 aromatic rings. The smallest absolute Gasteiger partial charge is 0.255 e. The molecule has 0 atom stereocenters. The van der Waals surface area contributed by atoms with E-state index in [0.29, 0.717) is 11.3 Å². The topological polar surface area (TPSA) is 49.3 Å². The number of carbonyl (C=O) groups excluding carboxylic acids is 1. The number of hydrogen-bond acceptors (Lipinski definition) is 2. The lowest BCUT2D eigenvalue weighted by Gasteiger charge is -2.13. The van der Waals surface area contributed by atoms with Gasteiger partial charge < -0.3 is 10.4 Å². The molecule has 3 nitrogen and oxygen atoms in total. The molecule has 1 amide bonds. The van der Waals surface area contributed by atoms with E-state index in [2.05, 4.69) is 11.4 Å². The quantitative estimate of drug-likeness (QED) is 0.696. The van der Waals surface area contributed by atoms with Gasteiger partial charge in [0.25, 0.3) is 5.91 Å². The summed E-state index contributed by atoms with van der Waals surface area (Å²) in [7, 11) is 0. The zero-order valence-electron chi connectivity index (χ0n) is 14.4. The minimum Gasteiger partial charge on any atom is -0.507 e. The van der Waals surface area contributed by atoms with Crippen molar-refractivity contribution in [3.63, 3.8) is 0 Å². The fraction of sp³-hybridized carbons (Fsp3) is 0.190. The highest BCUT2D eigenvalue weighted by Gasteiger charge is 2.12. The van der Waals surface area contributed by atoms with Gasteiger partial charge in [0.15, 0.2) is 0 Å². The van der Waals surface area contributed by atoms with Crippen molar-refractivity contribution in [3.05, 3.63) is 70.3 Å². The van der Waals surface area contributed by atoms with Crippen molar-refractivity contribution in [1.29, 1.82) is 0 Å². The average Bonchev–Trinajstić information content (AvgIpc) is 2.55. The molecule has 0 fully saturated rings. The second-order valence-corrected chi connectivity index (χ2v) is 6.38. The third-order valence-electron chi connectivity index (χ3n) is 4.53. The highest BCUT2D eigenvalue weighted by Crippen LogP contribution is 2.34. The van der Waals surface area contributed by atoms with Crippen LogP contribution in [0.5, 0.6) is 5.75 Å². The van der Waals surface area contributed by atoms with Gasteiger partial charge in [0.2, 0.25) is 0 Å². The Balaban J connectivity index is 2.02. The minimum absolute atomic E-state index is 0.152. The van der Waals surface area contributed by atoms with E-state index in [1.54, 1.807) is 0 Å². The number of aromatic hydroxyl groups is 1. The fourth-order valence-corrected chi connectivity index (χ4v) is 2.82. The Bertz CT molecular complexity index is 940. The molecular weight excluding hydrogens is 298 g/mol. The Morgan fingerprint density at radius 1 is 0.917 bits per heavy atom. The second-order valence-electron chi connectivity index (χ2n) is 6.38. The van der Waals surface area contributed by atoms with E-state index in [-0.39, 0.29) is 11.7 Å². The summed E-state index contributed by atoms with van der Waals surface area (Å²) in [4.78, 5) is 12.4. The first-order valence-electron chi connectivity index (χ1n) is 7.98. The van der Waals surface area contributed by atoms with Crippen LogP contribution in [-0.2, 0) is 0 Å². The van der Waals surface area contributed by atoms with E-state index in [1.807, 2.05) is 64.1 Å². The monoisotopic (exact) mass is 319 g/mol. The Labute approximate surface area is 142 Å². The van der Waals surface area contributed by atoms with Crippen molar-refractivity contribution in [2.75, 3.05) is 5.32 Å². The molecule has 3 heteroatoms. The first-order valence-corrected chi connectivity index (χ1v) is 7.98. The Kier molecular flexibility index (Phi) is 4.02. The predicted octanol–water partition coefficient (Wildman–Crippen LogP) is 5.03. The molecule has 3 rings (SSSR count). The summed E-state index contributed by atoms with van der Waals surface area (Å²) in [5, 5.41) is 15.1. The number of hydrogen-bond donors (Lipinski definition) is 2. The maximum atomic E-state index is 12.4. The SMILES string of the molecule is Cc1ccc(C(=O)Nc2cc3c(O)c(C)c(C)cc3cc2C)cc1. The van der Waals surface area contributed by atoms with Crippen molar-refractivity contribution in [1.82, 2.24) is 0 Å². The van der Waals surface area contributed by atoms with E-state index < -0.39 is 0 Å². The molecule has 0 spiro atoms. The third kappa shape index (κ3) is 2.85. The van der Waals surface area contributed by atoms with Gasteiger partial charge in [-0.05, 0) is 74.0 Å². The lowest BCUT2D eigenvalue weighted by Crippen LogP contribution is -2.12. The zero-order valence-corrected chi connectivity index (χ0v) is 14.4. The van der Waals surface area contributed by atoms with Gasteiger partial charge in [-0.25, -0.2) is 0 Å². The van der Waals surface area contributed by atoms with Gasteiger partial charge in [-0.2, -0.15) is 0 Å². The Morgan fingerprint density at radius 3 is 2.21 bits per heavy atom. The molecule has 0 aliphatic carbocycles. The van der Waals surface area contributed by atoms with Crippen LogP contribution in [0.4, 0.5) is 5.69 Å². The molecule has 3 aromatic carbocycles. The highest BCUT2D eigenvalue weighted by molar-refractivity contribution is 6.06. The van der Waals surface area contributed by atoms with Gasteiger partial charge in [0, 0.05) is 16.6 Å². The van der Waals surface area contributed by atoms with E-state index >= 15 is 0 Å². The minimum atomic E-state index is -0.152. The molecule has 24 heavy (non-hydrogen) atoms. The highest BCUT2D eigenvalue weighted by atomic mass is 16.3. The molecule has 2 N–H and O–H groups in total. The van der Waals surface area contributed by atoms with Crippen LogP contribution in [0.2, 0.25) is 0 Å². The van der Waals surface area contributed by atoms with Gasteiger partial charge in [-0.15, -0.1) is 0 Å². The average molecular weight is 319 g/mol. The number of benzene rings is 3. The van der Waals surface area contributed by atoms with Gasteiger partial charge in [-0.1, -0.05) is 23.8 Å². The van der Waals surface area contributed by atoms with Crippen LogP contribution < -0.4 is 5.32 Å². The van der Waals surface area contributed by atoms with Crippen LogP contribution >= 0.6 is 0 Å². The first-order chi connectivity index (χ1) is 11.4. The van der Waals surface area contributed by atoms with E-state index in [9.17, 15) is 9.90 Å². The summed E-state index contributed by atoms with van der Waals surface area (Å²) in [5.74, 6) is 0.122. The molecule has 0 radical (unpaired) electrons. The van der Waals surface area contributed by atoms with Crippen LogP contribution in [0.15, 0.2) is 42.5 Å². The summed E-state index contributed by atoms with van der Waals surface area (Å²) >= 11 is 0. The number of nitrogens with one attached hydrogen (secondary N) is 1. The molecule has 0 aliphatic rings. The van der Waals surface area contributed by atoms with Crippen molar-refractivity contribution >= 4 is 22.4 Å². The molecule has 0 unspecified atom stereocenters. The molecule has 0 bridgehead atoms. The molecule has 0 saturated heterocycles. The maximum Gasteiger partial charge on any atom is 0.255 e. The van der Waals surface area contributed by atoms with Gasteiger partial charge >= 0.3 is 0 Å². The lowest BCUT2D eigenvalue weighted by atomic mass is 9.98. The van der Waals surface area contributed by atoms with Crippen molar-refractivity contribution in [2.24, 2.45) is 0 Å². The van der Waals surface area contributed by atoms with Crippen LogP contribution in [0.1, 0.15) is 32.6 Å². The number of carbonyl (C=O) groups is 1. The fourth-order valence-electron chi connectivity index (χ4n) is 2.82. The Hall–Kier alpha value is -2.81. The van der Waals surface area contributed by atoms with Crippen molar-refractivity contribution < 1.29 is 9.90 Å². The number of phenolic OH excluding ortho intramolecular Hbond substituents is 1. The van der Waals surface area contributed by atoms with E-state index in [1.165, 1.54) is 0 Å². The summed E-state index contributed by atoms with van der Waals surface area (Å²) in [6.07, 6.45) is 0. The van der Waals surface area contributed by atoms with Crippen LogP contribution in [-0.4, -0.2) is 11.0 Å². The predicted molar refractivity (Wildman–Crippen MR) is 99.0 cm³/mol. The summed E-state index contributed by atoms with van der Waals surface area (Å²) in [6, 6.07) is 13.4. The van der Waals surface area contributed by atoms with E-state index in [0.717, 1.165) is 33.0 Å². The maximum absolute atomic E-state index is 12.4. The van der Waals surface area contributed by atoms with Gasteiger partial charge in [-0.3, -0.25) is 4.79 Å².